The van der Waals surface area contributed by atoms with Gasteiger partial charge in [0.15, 0.2) is 11.6 Å². The summed E-state index contributed by atoms with van der Waals surface area (Å²) in [5.74, 6) is -0.176. The quantitative estimate of drug-likeness (QED) is 0.536. The number of carboxylic acid groups (broad SMARTS) is 1. The van der Waals surface area contributed by atoms with Gasteiger partial charge in [-0.2, -0.15) is 11.8 Å². The van der Waals surface area contributed by atoms with Gasteiger partial charge in [0.2, 0.25) is 6.41 Å². The monoisotopic (exact) mass is 301 g/mol. The molecule has 1 rings (SSSR count). The summed E-state index contributed by atoms with van der Waals surface area (Å²) in [7, 11) is 1.40. The van der Waals surface area contributed by atoms with Gasteiger partial charge in [-0.15, -0.1) is 0 Å². The van der Waals surface area contributed by atoms with Crippen LogP contribution < -0.4 is 10.1 Å². The topological polar surface area (TPSA) is 75.6 Å². The minimum atomic E-state index is -1.06. The number of methoxy groups -OCH3 is 1. The molecule has 0 aliphatic rings. The van der Waals surface area contributed by atoms with E-state index in [0.717, 1.165) is 5.56 Å². The third-order valence-corrected chi connectivity index (χ3v) is 3.66. The number of benzene rings is 1. The van der Waals surface area contributed by atoms with Crippen LogP contribution in [0, 0.1) is 5.82 Å². The summed E-state index contributed by atoms with van der Waals surface area (Å²) in [6.07, 6.45) is 0.694. The zero-order chi connectivity index (χ0) is 15.0. The lowest BCUT2D eigenvalue weighted by Crippen LogP contribution is -2.36. The van der Waals surface area contributed by atoms with Crippen molar-refractivity contribution in [3.8, 4) is 5.75 Å². The van der Waals surface area contributed by atoms with Gasteiger partial charge in [0.1, 0.15) is 6.04 Å². The summed E-state index contributed by atoms with van der Waals surface area (Å²) in [5.41, 5.74) is 0.795. The van der Waals surface area contributed by atoms with E-state index in [0.29, 0.717) is 24.3 Å². The molecule has 0 bridgehead atoms. The second-order valence-corrected chi connectivity index (χ2v) is 5.09. The first-order chi connectivity index (χ1) is 9.58. The Morgan fingerprint density at radius 1 is 1.60 bits per heavy atom. The fraction of sp³-hybridized carbons (Fsp3) is 0.385. The zero-order valence-electron chi connectivity index (χ0n) is 11.0. The molecule has 0 saturated carbocycles. The molecule has 0 aliphatic heterocycles. The lowest BCUT2D eigenvalue weighted by molar-refractivity contribution is -0.140. The molecule has 1 amide bonds. The number of carbonyl (C=O) groups is 2. The highest BCUT2D eigenvalue weighted by molar-refractivity contribution is 7.98. The van der Waals surface area contributed by atoms with E-state index in [-0.39, 0.29) is 5.75 Å². The smallest absolute Gasteiger partial charge is 0.326 e. The van der Waals surface area contributed by atoms with Gasteiger partial charge in [0.25, 0.3) is 0 Å². The minimum absolute atomic E-state index is 0.194. The fourth-order valence-corrected chi connectivity index (χ4v) is 2.51. The van der Waals surface area contributed by atoms with Gasteiger partial charge in [-0.05, 0) is 29.9 Å². The van der Waals surface area contributed by atoms with Crippen molar-refractivity contribution in [3.05, 3.63) is 29.6 Å². The Labute approximate surface area is 120 Å². The fourth-order valence-electron chi connectivity index (χ4n) is 1.55. The number of hydrogen-bond donors (Lipinski definition) is 2. The number of aliphatic carboxylic acids is 1. The van der Waals surface area contributed by atoms with Crippen molar-refractivity contribution in [1.29, 1.82) is 0 Å². The van der Waals surface area contributed by atoms with Gasteiger partial charge in [0.05, 0.1) is 7.11 Å². The third kappa shape index (κ3) is 5.08. The lowest BCUT2D eigenvalue weighted by Gasteiger charge is -2.10. The molecule has 5 nitrogen and oxygen atoms in total. The predicted octanol–water partition coefficient (Wildman–Crippen LogP) is 1.66. The molecule has 110 valence electrons. The molecule has 1 aromatic rings. The van der Waals surface area contributed by atoms with E-state index in [2.05, 4.69) is 5.32 Å². The van der Waals surface area contributed by atoms with Crippen LogP contribution in [0.5, 0.6) is 5.75 Å². The van der Waals surface area contributed by atoms with Crippen LogP contribution in [-0.2, 0) is 15.3 Å². The Hall–Kier alpha value is -1.76. The molecule has 7 heteroatoms. The molecule has 0 radical (unpaired) electrons. The highest BCUT2D eigenvalue weighted by atomic mass is 32.2. The van der Waals surface area contributed by atoms with Gasteiger partial charge >= 0.3 is 5.97 Å². The van der Waals surface area contributed by atoms with Crippen molar-refractivity contribution in [2.75, 3.05) is 12.9 Å². The van der Waals surface area contributed by atoms with Crippen LogP contribution >= 0.6 is 11.8 Å². The second-order valence-electron chi connectivity index (χ2n) is 3.99. The van der Waals surface area contributed by atoms with Gasteiger partial charge in [-0.25, -0.2) is 9.18 Å². The van der Waals surface area contributed by atoms with E-state index in [9.17, 15) is 14.0 Å². The molecule has 2 N–H and O–H groups in total. The summed E-state index contributed by atoms with van der Waals surface area (Å²) in [5, 5.41) is 11.1. The first kappa shape index (κ1) is 16.3. The van der Waals surface area contributed by atoms with Crippen molar-refractivity contribution in [1.82, 2.24) is 5.32 Å². The molecule has 0 aliphatic carbocycles. The van der Waals surface area contributed by atoms with Gasteiger partial charge < -0.3 is 15.2 Å². The maximum Gasteiger partial charge on any atom is 0.326 e. The summed E-state index contributed by atoms with van der Waals surface area (Å²) in [6.45, 7) is 0. The molecular formula is C13H16FNO4S. The van der Waals surface area contributed by atoms with E-state index in [1.807, 2.05) is 0 Å². The number of ether oxygens (including phenoxy) is 1. The Morgan fingerprint density at radius 3 is 2.90 bits per heavy atom. The van der Waals surface area contributed by atoms with Crippen LogP contribution in [0.4, 0.5) is 4.39 Å². The minimum Gasteiger partial charge on any atom is -0.494 e. The number of thioether (sulfide) groups is 1. The lowest BCUT2D eigenvalue weighted by atomic mass is 10.2. The molecule has 20 heavy (non-hydrogen) atoms. The van der Waals surface area contributed by atoms with Crippen LogP contribution in [0.2, 0.25) is 0 Å². The number of carbonyl (C=O) groups excluding carboxylic acids is 1. The highest BCUT2D eigenvalue weighted by Gasteiger charge is 2.15. The van der Waals surface area contributed by atoms with E-state index in [1.54, 1.807) is 12.1 Å². The number of halogens is 1. The Balaban J connectivity index is 2.38. The first-order valence-corrected chi connectivity index (χ1v) is 7.06. The van der Waals surface area contributed by atoms with Gasteiger partial charge in [0, 0.05) is 5.75 Å². The molecule has 1 atom stereocenters. The first-order valence-electron chi connectivity index (χ1n) is 5.91. The van der Waals surface area contributed by atoms with Crippen LogP contribution in [0.3, 0.4) is 0 Å². The molecular weight excluding hydrogens is 285 g/mol. The largest absolute Gasteiger partial charge is 0.494 e. The predicted molar refractivity (Wildman–Crippen MR) is 74.4 cm³/mol. The second kappa shape index (κ2) is 8.42. The van der Waals surface area contributed by atoms with Gasteiger partial charge in [-0.3, -0.25) is 4.79 Å². The third-order valence-electron chi connectivity index (χ3n) is 2.60. The van der Waals surface area contributed by atoms with Crippen molar-refractivity contribution >= 4 is 24.1 Å². The molecule has 0 fully saturated rings. The molecule has 0 aromatic heterocycles. The zero-order valence-corrected chi connectivity index (χ0v) is 11.8. The van der Waals surface area contributed by atoms with E-state index in [4.69, 9.17) is 9.84 Å². The highest BCUT2D eigenvalue weighted by Crippen LogP contribution is 2.21. The van der Waals surface area contributed by atoms with Crippen molar-refractivity contribution in [3.63, 3.8) is 0 Å². The summed E-state index contributed by atoms with van der Waals surface area (Å²) < 4.78 is 18.3. The number of hydrogen-bond acceptors (Lipinski definition) is 4. The maximum absolute atomic E-state index is 13.4. The Morgan fingerprint density at radius 2 is 2.35 bits per heavy atom. The van der Waals surface area contributed by atoms with Crippen LogP contribution in [-0.4, -0.2) is 36.4 Å². The van der Waals surface area contributed by atoms with Crippen molar-refractivity contribution in [2.24, 2.45) is 0 Å². The van der Waals surface area contributed by atoms with E-state index in [1.165, 1.54) is 24.9 Å². The normalized spacial score (nSPS) is 11.7. The number of carboxylic acids is 1. The number of nitrogens with one attached hydrogen (secondary N) is 1. The van der Waals surface area contributed by atoms with Gasteiger partial charge in [-0.1, -0.05) is 6.07 Å². The molecule has 0 heterocycles. The number of amides is 1. The van der Waals surface area contributed by atoms with Crippen LogP contribution in [0.15, 0.2) is 18.2 Å². The molecule has 0 spiro atoms. The molecule has 1 unspecified atom stereocenters. The van der Waals surface area contributed by atoms with E-state index >= 15 is 0 Å². The summed E-state index contributed by atoms with van der Waals surface area (Å²) in [4.78, 5) is 21.0. The van der Waals surface area contributed by atoms with E-state index < -0.39 is 17.8 Å². The SMILES string of the molecule is COc1ccc(CSCCC(NC=O)C(=O)O)cc1F. The average Bonchev–Trinajstić information content (AvgIpc) is 2.42. The Kier molecular flexibility index (Phi) is 6.86. The van der Waals surface area contributed by atoms with Crippen molar-refractivity contribution in [2.45, 2.75) is 18.2 Å². The summed E-state index contributed by atoms with van der Waals surface area (Å²) in [6, 6.07) is 3.82. The Bertz CT molecular complexity index is 470. The average molecular weight is 301 g/mol. The summed E-state index contributed by atoms with van der Waals surface area (Å²) >= 11 is 1.47. The maximum atomic E-state index is 13.4. The van der Waals surface area contributed by atoms with Crippen LogP contribution in [0.25, 0.3) is 0 Å². The number of rotatable bonds is 9. The van der Waals surface area contributed by atoms with Crippen LogP contribution in [0.1, 0.15) is 12.0 Å². The van der Waals surface area contributed by atoms with Crippen molar-refractivity contribution < 1.29 is 23.8 Å². The molecule has 0 saturated heterocycles. The molecule has 1 aromatic carbocycles. The standard InChI is InChI=1S/C13H16FNO4S/c1-19-12-3-2-9(6-10(12)14)7-20-5-4-11(13(17)18)15-8-16/h2-3,6,8,11H,4-5,7H2,1H3,(H,15,16)(H,17,18).